The summed E-state index contributed by atoms with van der Waals surface area (Å²) in [6.07, 6.45) is 12.8. The van der Waals surface area contributed by atoms with Crippen LogP contribution in [0.15, 0.2) is 23.8 Å². The zero-order chi connectivity index (χ0) is 11.7. The van der Waals surface area contributed by atoms with Gasteiger partial charge in [-0.3, -0.25) is 0 Å². The predicted octanol–water partition coefficient (Wildman–Crippen LogP) is 1.79. The molecule has 0 fully saturated rings. The molecular formula is C13H22N2. The summed E-state index contributed by atoms with van der Waals surface area (Å²) in [7, 11) is 4.07. The Morgan fingerprint density at radius 1 is 1.53 bits per heavy atom. The van der Waals surface area contributed by atoms with Crippen LogP contribution in [-0.4, -0.2) is 31.6 Å². The highest BCUT2D eigenvalue weighted by atomic mass is 15.1. The summed E-state index contributed by atoms with van der Waals surface area (Å²) in [5.41, 5.74) is 7.26. The first-order valence-corrected chi connectivity index (χ1v) is 5.22. The van der Waals surface area contributed by atoms with Crippen LogP contribution in [0.2, 0.25) is 0 Å². The summed E-state index contributed by atoms with van der Waals surface area (Å²) < 4.78 is 0. The highest BCUT2D eigenvalue weighted by Gasteiger charge is 2.03. The van der Waals surface area contributed by atoms with Crippen molar-refractivity contribution in [2.75, 3.05) is 20.6 Å². The van der Waals surface area contributed by atoms with Gasteiger partial charge < -0.3 is 10.6 Å². The number of likely N-dealkylation sites (N-methyl/N-ethyl adjacent to an activating group) is 1. The van der Waals surface area contributed by atoms with Crippen molar-refractivity contribution < 1.29 is 0 Å². The highest BCUT2D eigenvalue weighted by Crippen LogP contribution is 2.04. The van der Waals surface area contributed by atoms with Crippen LogP contribution in [0.25, 0.3) is 0 Å². The molecule has 0 aromatic rings. The number of rotatable bonds is 6. The predicted molar refractivity (Wildman–Crippen MR) is 67.5 cm³/mol. The lowest BCUT2D eigenvalue weighted by Gasteiger charge is -2.16. The van der Waals surface area contributed by atoms with Crippen molar-refractivity contribution >= 4 is 0 Å². The van der Waals surface area contributed by atoms with Crippen LogP contribution in [0, 0.1) is 12.3 Å². The van der Waals surface area contributed by atoms with E-state index < -0.39 is 0 Å². The van der Waals surface area contributed by atoms with E-state index in [0.717, 1.165) is 13.0 Å². The van der Waals surface area contributed by atoms with Crippen LogP contribution in [0.5, 0.6) is 0 Å². The third-order valence-corrected chi connectivity index (χ3v) is 1.94. The Hall–Kier alpha value is -1.04. The quantitative estimate of drug-likeness (QED) is 0.530. The van der Waals surface area contributed by atoms with Gasteiger partial charge in [-0.1, -0.05) is 23.8 Å². The van der Waals surface area contributed by atoms with Crippen LogP contribution in [-0.2, 0) is 0 Å². The third kappa shape index (κ3) is 9.27. The van der Waals surface area contributed by atoms with Crippen molar-refractivity contribution in [3.8, 4) is 12.3 Å². The SMILES string of the molecule is C#CC/C=C\C=C(/C)CC(N)CN(C)C. The second kappa shape index (κ2) is 8.28. The number of nitrogens with two attached hydrogens (primary N) is 1. The fourth-order valence-electron chi connectivity index (χ4n) is 1.38. The summed E-state index contributed by atoms with van der Waals surface area (Å²) in [6.45, 7) is 3.01. The lowest BCUT2D eigenvalue weighted by molar-refractivity contribution is 0.371. The summed E-state index contributed by atoms with van der Waals surface area (Å²) >= 11 is 0. The molecule has 84 valence electrons. The minimum absolute atomic E-state index is 0.206. The van der Waals surface area contributed by atoms with E-state index in [1.54, 1.807) is 0 Å². The second-order valence-electron chi connectivity index (χ2n) is 4.08. The first kappa shape index (κ1) is 14.0. The molecule has 0 aromatic carbocycles. The topological polar surface area (TPSA) is 29.3 Å². The minimum Gasteiger partial charge on any atom is -0.326 e. The number of allylic oxidation sites excluding steroid dienone is 3. The normalized spacial score (nSPS) is 14.5. The molecule has 0 aliphatic carbocycles. The van der Waals surface area contributed by atoms with Gasteiger partial charge in [0.15, 0.2) is 0 Å². The molecule has 0 amide bonds. The van der Waals surface area contributed by atoms with Gasteiger partial charge in [0.1, 0.15) is 0 Å². The number of hydrogen-bond acceptors (Lipinski definition) is 2. The molecule has 0 bridgehead atoms. The van der Waals surface area contributed by atoms with E-state index in [1.165, 1.54) is 5.57 Å². The van der Waals surface area contributed by atoms with Gasteiger partial charge in [0.2, 0.25) is 0 Å². The fourth-order valence-corrected chi connectivity index (χ4v) is 1.38. The average molecular weight is 206 g/mol. The summed E-state index contributed by atoms with van der Waals surface area (Å²) in [4.78, 5) is 2.10. The van der Waals surface area contributed by atoms with Crippen LogP contribution in [0.3, 0.4) is 0 Å². The summed E-state index contributed by atoms with van der Waals surface area (Å²) in [6, 6.07) is 0.206. The first-order chi connectivity index (χ1) is 7.06. The van der Waals surface area contributed by atoms with Crippen LogP contribution >= 0.6 is 0 Å². The van der Waals surface area contributed by atoms with Crippen molar-refractivity contribution in [1.82, 2.24) is 4.90 Å². The molecule has 0 rings (SSSR count). The van der Waals surface area contributed by atoms with E-state index in [2.05, 4.69) is 23.8 Å². The molecule has 2 nitrogen and oxygen atoms in total. The highest BCUT2D eigenvalue weighted by molar-refractivity contribution is 5.13. The Bertz CT molecular complexity index is 256. The maximum Gasteiger partial charge on any atom is 0.0270 e. The Balaban J connectivity index is 3.91. The molecule has 0 aromatic heterocycles. The van der Waals surface area contributed by atoms with E-state index in [4.69, 9.17) is 12.2 Å². The molecule has 0 aliphatic rings. The van der Waals surface area contributed by atoms with Crippen LogP contribution in [0.4, 0.5) is 0 Å². The summed E-state index contributed by atoms with van der Waals surface area (Å²) in [5, 5.41) is 0. The molecule has 1 atom stereocenters. The molecule has 0 aliphatic heterocycles. The van der Waals surface area contributed by atoms with Crippen molar-refractivity contribution in [1.29, 1.82) is 0 Å². The average Bonchev–Trinajstić information content (AvgIpc) is 2.10. The van der Waals surface area contributed by atoms with Gasteiger partial charge in [-0.2, -0.15) is 0 Å². The van der Waals surface area contributed by atoms with Gasteiger partial charge >= 0.3 is 0 Å². The van der Waals surface area contributed by atoms with Crippen molar-refractivity contribution in [3.05, 3.63) is 23.8 Å². The lowest BCUT2D eigenvalue weighted by Crippen LogP contribution is -2.33. The number of nitrogens with zero attached hydrogens (tertiary/aromatic N) is 1. The Morgan fingerprint density at radius 3 is 2.73 bits per heavy atom. The Labute approximate surface area is 93.8 Å². The van der Waals surface area contributed by atoms with E-state index in [1.807, 2.05) is 26.2 Å². The molecule has 2 N–H and O–H groups in total. The van der Waals surface area contributed by atoms with Gasteiger partial charge in [-0.25, -0.2) is 0 Å². The minimum atomic E-state index is 0.206. The smallest absolute Gasteiger partial charge is 0.0270 e. The maximum absolute atomic E-state index is 5.97. The molecule has 0 spiro atoms. The molecule has 0 saturated heterocycles. The molecule has 0 heterocycles. The van der Waals surface area contributed by atoms with Crippen molar-refractivity contribution in [2.24, 2.45) is 5.73 Å². The molecule has 15 heavy (non-hydrogen) atoms. The molecule has 0 radical (unpaired) electrons. The monoisotopic (exact) mass is 206 g/mol. The zero-order valence-electron chi connectivity index (χ0n) is 10.0. The first-order valence-electron chi connectivity index (χ1n) is 5.22. The standard InChI is InChI=1S/C13H22N2/c1-5-6-7-8-9-12(2)10-13(14)11-15(3)4/h1,7-9,13H,6,10-11,14H2,2-4H3/b8-7-,12-9+. The van der Waals surface area contributed by atoms with E-state index >= 15 is 0 Å². The molecule has 1 unspecified atom stereocenters. The van der Waals surface area contributed by atoms with Crippen molar-refractivity contribution in [3.63, 3.8) is 0 Å². The lowest BCUT2D eigenvalue weighted by atomic mass is 10.1. The van der Waals surface area contributed by atoms with Gasteiger partial charge in [0.25, 0.3) is 0 Å². The summed E-state index contributed by atoms with van der Waals surface area (Å²) in [5.74, 6) is 2.56. The Morgan fingerprint density at radius 2 is 2.20 bits per heavy atom. The van der Waals surface area contributed by atoms with Crippen LogP contribution < -0.4 is 5.73 Å². The van der Waals surface area contributed by atoms with Gasteiger partial charge in [-0.15, -0.1) is 12.3 Å². The number of hydrogen-bond donors (Lipinski definition) is 1. The molecule has 2 heteroatoms. The third-order valence-electron chi connectivity index (χ3n) is 1.94. The second-order valence-corrected chi connectivity index (χ2v) is 4.08. The van der Waals surface area contributed by atoms with Crippen LogP contribution in [0.1, 0.15) is 19.8 Å². The van der Waals surface area contributed by atoms with E-state index in [0.29, 0.717) is 6.42 Å². The van der Waals surface area contributed by atoms with E-state index in [-0.39, 0.29) is 6.04 Å². The van der Waals surface area contributed by atoms with Gasteiger partial charge in [0.05, 0.1) is 0 Å². The fraction of sp³-hybridized carbons (Fsp3) is 0.538. The number of terminal acetylenes is 1. The molecular weight excluding hydrogens is 184 g/mol. The zero-order valence-corrected chi connectivity index (χ0v) is 10.0. The van der Waals surface area contributed by atoms with E-state index in [9.17, 15) is 0 Å². The van der Waals surface area contributed by atoms with Gasteiger partial charge in [0, 0.05) is 19.0 Å². The van der Waals surface area contributed by atoms with Crippen molar-refractivity contribution in [2.45, 2.75) is 25.8 Å². The Kier molecular flexibility index (Phi) is 7.71. The largest absolute Gasteiger partial charge is 0.326 e. The molecule has 0 saturated carbocycles. The maximum atomic E-state index is 5.97. The van der Waals surface area contributed by atoms with Gasteiger partial charge in [-0.05, 0) is 27.4 Å².